The van der Waals surface area contributed by atoms with Crippen molar-refractivity contribution in [2.45, 2.75) is 29.5 Å². The van der Waals surface area contributed by atoms with Crippen LogP contribution in [0.25, 0.3) is 0 Å². The summed E-state index contributed by atoms with van der Waals surface area (Å²) in [4.78, 5) is 0.459. The Hall–Kier alpha value is -0.390. The van der Waals surface area contributed by atoms with Gasteiger partial charge < -0.3 is 5.32 Å². The number of hydrogen-bond donors (Lipinski definition) is 1. The third kappa shape index (κ3) is 1.53. The van der Waals surface area contributed by atoms with Gasteiger partial charge in [0.1, 0.15) is 0 Å². The van der Waals surface area contributed by atoms with Gasteiger partial charge in [0.2, 0.25) is 0 Å². The fourth-order valence-electron chi connectivity index (χ4n) is 2.40. The van der Waals surface area contributed by atoms with Crippen molar-refractivity contribution in [3.63, 3.8) is 0 Å². The Labute approximate surface area is 104 Å². The van der Waals surface area contributed by atoms with Crippen molar-refractivity contribution in [1.82, 2.24) is 5.32 Å². The van der Waals surface area contributed by atoms with Gasteiger partial charge in [-0.15, -0.1) is 0 Å². The molecule has 0 saturated carbocycles. The van der Waals surface area contributed by atoms with Crippen LogP contribution < -0.4 is 5.32 Å². The highest BCUT2D eigenvalue weighted by Crippen LogP contribution is 2.43. The molecule has 0 bridgehead atoms. The molecule has 1 aromatic rings. The van der Waals surface area contributed by atoms with Gasteiger partial charge in [-0.3, -0.25) is 0 Å². The largest absolute Gasteiger partial charge is 0.312 e. The maximum Gasteiger partial charge on any atom is 0.184 e. The van der Waals surface area contributed by atoms with Crippen molar-refractivity contribution >= 4 is 25.8 Å². The number of rotatable bonds is 2. The monoisotopic (exact) mass is 303 g/mol. The first kappa shape index (κ1) is 12.1. The van der Waals surface area contributed by atoms with Crippen LogP contribution in [0.4, 0.5) is 0 Å². The van der Waals surface area contributed by atoms with Crippen LogP contribution in [0.3, 0.4) is 0 Å². The highest BCUT2D eigenvalue weighted by atomic mass is 79.9. The lowest BCUT2D eigenvalue weighted by molar-refractivity contribution is 0.528. The quantitative estimate of drug-likeness (QED) is 0.912. The summed E-state index contributed by atoms with van der Waals surface area (Å²) in [5.74, 6) is 0. The van der Waals surface area contributed by atoms with E-state index in [2.05, 4.69) is 21.2 Å². The van der Waals surface area contributed by atoms with Crippen LogP contribution in [0.1, 0.15) is 24.9 Å². The molecule has 5 heteroatoms. The summed E-state index contributed by atoms with van der Waals surface area (Å²) >= 11 is 3.33. The molecule has 0 fully saturated rings. The topological polar surface area (TPSA) is 46.2 Å². The number of nitrogens with one attached hydrogen (secondary N) is 1. The van der Waals surface area contributed by atoms with Crippen molar-refractivity contribution in [3.8, 4) is 0 Å². The molecular formula is C11H14BrNO2S. The lowest BCUT2D eigenvalue weighted by Gasteiger charge is -2.16. The predicted octanol–water partition coefficient (Wildman–Crippen LogP) is 2.28. The third-order valence-electron chi connectivity index (χ3n) is 3.10. The smallest absolute Gasteiger partial charge is 0.184 e. The van der Waals surface area contributed by atoms with Gasteiger partial charge in [-0.25, -0.2) is 8.42 Å². The highest BCUT2D eigenvalue weighted by Gasteiger charge is 2.44. The van der Waals surface area contributed by atoms with Gasteiger partial charge in [0.15, 0.2) is 9.84 Å². The molecule has 2 atom stereocenters. The standard InChI is InChI=1S/C11H14BrNO2S/c1-3-9-10(13-2)7-5-4-6-8(12)11(7)16(9,14)15/h4-6,9-10,13H,3H2,1-2H3. The zero-order valence-corrected chi connectivity index (χ0v) is 11.6. The van der Waals surface area contributed by atoms with E-state index in [0.717, 1.165) is 5.56 Å². The van der Waals surface area contributed by atoms with E-state index in [9.17, 15) is 8.42 Å². The van der Waals surface area contributed by atoms with Crippen molar-refractivity contribution in [1.29, 1.82) is 0 Å². The lowest BCUT2D eigenvalue weighted by atomic mass is 10.0. The molecule has 0 aromatic heterocycles. The summed E-state index contributed by atoms with van der Waals surface area (Å²) in [6.07, 6.45) is 0.620. The molecule has 2 rings (SSSR count). The molecule has 88 valence electrons. The summed E-state index contributed by atoms with van der Waals surface area (Å²) in [6, 6.07) is 5.44. The summed E-state index contributed by atoms with van der Waals surface area (Å²) in [7, 11) is -1.39. The van der Waals surface area contributed by atoms with Gasteiger partial charge in [-0.1, -0.05) is 19.1 Å². The first-order valence-electron chi connectivity index (χ1n) is 5.23. The second-order valence-electron chi connectivity index (χ2n) is 3.92. The molecule has 1 aliphatic heterocycles. The molecule has 1 aromatic carbocycles. The van der Waals surface area contributed by atoms with Gasteiger partial charge >= 0.3 is 0 Å². The molecule has 0 saturated heterocycles. The third-order valence-corrected chi connectivity index (χ3v) is 6.45. The zero-order valence-electron chi connectivity index (χ0n) is 9.20. The molecule has 0 spiro atoms. The van der Waals surface area contributed by atoms with Gasteiger partial charge in [0.05, 0.1) is 16.2 Å². The van der Waals surface area contributed by atoms with Crippen molar-refractivity contribution in [2.75, 3.05) is 7.05 Å². The van der Waals surface area contributed by atoms with E-state index in [4.69, 9.17) is 0 Å². The molecule has 1 N–H and O–H groups in total. The van der Waals surface area contributed by atoms with E-state index in [1.165, 1.54) is 0 Å². The minimum atomic E-state index is -3.20. The van der Waals surface area contributed by atoms with Crippen molar-refractivity contribution in [2.24, 2.45) is 0 Å². The Bertz CT molecular complexity index is 513. The van der Waals surface area contributed by atoms with Crippen LogP contribution in [-0.4, -0.2) is 20.7 Å². The molecule has 16 heavy (non-hydrogen) atoms. The molecular weight excluding hydrogens is 290 g/mol. The SMILES string of the molecule is CCC1C(NC)c2cccc(Br)c2S1(=O)=O. The van der Waals surface area contributed by atoms with Crippen LogP contribution >= 0.6 is 15.9 Å². The van der Waals surface area contributed by atoms with Gasteiger partial charge in [-0.05, 0) is 41.0 Å². The Kier molecular flexibility index (Phi) is 3.11. The molecule has 1 heterocycles. The number of halogens is 1. The molecule has 2 unspecified atom stereocenters. The van der Waals surface area contributed by atoms with E-state index < -0.39 is 9.84 Å². The first-order chi connectivity index (χ1) is 7.54. The van der Waals surface area contributed by atoms with Crippen LogP contribution in [0.5, 0.6) is 0 Å². The summed E-state index contributed by atoms with van der Waals surface area (Å²) in [5, 5.41) is 2.75. The Balaban J connectivity index is 2.72. The average Bonchev–Trinajstić information content (AvgIpc) is 2.46. The fourth-order valence-corrected chi connectivity index (χ4v) is 5.70. The Morgan fingerprint density at radius 3 is 2.69 bits per heavy atom. The van der Waals surface area contributed by atoms with E-state index in [1.807, 2.05) is 19.1 Å². The van der Waals surface area contributed by atoms with Crippen LogP contribution in [0.15, 0.2) is 27.6 Å². The minimum absolute atomic E-state index is 0.0949. The van der Waals surface area contributed by atoms with Crippen molar-refractivity contribution < 1.29 is 8.42 Å². The Morgan fingerprint density at radius 1 is 1.44 bits per heavy atom. The molecule has 0 radical (unpaired) electrons. The van der Waals surface area contributed by atoms with E-state index >= 15 is 0 Å². The predicted molar refractivity (Wildman–Crippen MR) is 67.2 cm³/mol. The summed E-state index contributed by atoms with van der Waals surface area (Å²) < 4.78 is 25.3. The van der Waals surface area contributed by atoms with E-state index in [-0.39, 0.29) is 11.3 Å². The normalized spacial score (nSPS) is 26.7. The zero-order chi connectivity index (χ0) is 11.9. The summed E-state index contributed by atoms with van der Waals surface area (Å²) in [5.41, 5.74) is 0.878. The fraction of sp³-hybridized carbons (Fsp3) is 0.455. The van der Waals surface area contributed by atoms with Gasteiger partial charge in [0, 0.05) is 4.47 Å². The highest BCUT2D eigenvalue weighted by molar-refractivity contribution is 9.10. The van der Waals surface area contributed by atoms with Gasteiger partial charge in [-0.2, -0.15) is 0 Å². The van der Waals surface area contributed by atoms with Crippen LogP contribution in [0, 0.1) is 0 Å². The molecule has 1 aliphatic rings. The van der Waals surface area contributed by atoms with E-state index in [0.29, 0.717) is 15.8 Å². The first-order valence-corrected chi connectivity index (χ1v) is 7.57. The number of fused-ring (bicyclic) bond motifs is 1. The Morgan fingerprint density at radius 2 is 2.12 bits per heavy atom. The number of hydrogen-bond acceptors (Lipinski definition) is 3. The second kappa shape index (κ2) is 4.13. The molecule has 0 amide bonds. The number of benzene rings is 1. The molecule has 0 aliphatic carbocycles. The van der Waals surface area contributed by atoms with Crippen molar-refractivity contribution in [3.05, 3.63) is 28.2 Å². The summed E-state index contributed by atoms with van der Waals surface area (Å²) in [6.45, 7) is 1.91. The maximum absolute atomic E-state index is 12.3. The average molecular weight is 304 g/mol. The second-order valence-corrected chi connectivity index (χ2v) is 6.87. The van der Waals surface area contributed by atoms with E-state index in [1.54, 1.807) is 13.1 Å². The lowest BCUT2D eigenvalue weighted by Crippen LogP contribution is -2.28. The minimum Gasteiger partial charge on any atom is -0.312 e. The number of sulfone groups is 1. The van der Waals surface area contributed by atoms with Crippen LogP contribution in [0.2, 0.25) is 0 Å². The van der Waals surface area contributed by atoms with Gasteiger partial charge in [0.25, 0.3) is 0 Å². The molecule has 3 nitrogen and oxygen atoms in total. The maximum atomic E-state index is 12.3. The van der Waals surface area contributed by atoms with Crippen LogP contribution in [-0.2, 0) is 9.84 Å².